The van der Waals surface area contributed by atoms with Gasteiger partial charge in [-0.1, -0.05) is 0 Å². The van der Waals surface area contributed by atoms with Crippen molar-refractivity contribution in [2.24, 2.45) is 0 Å². The molecule has 0 atom stereocenters. The summed E-state index contributed by atoms with van der Waals surface area (Å²) in [5.41, 5.74) is 1.17. The van der Waals surface area contributed by atoms with Crippen molar-refractivity contribution in [3.05, 3.63) is 27.1 Å². The molecule has 148 valence electrons. The molecular formula is C19H31IN2O4. The van der Waals surface area contributed by atoms with Gasteiger partial charge in [-0.3, -0.25) is 19.9 Å². The van der Waals surface area contributed by atoms with E-state index in [1.54, 1.807) is 41.5 Å². The molecule has 0 aliphatic rings. The van der Waals surface area contributed by atoms with Gasteiger partial charge in [0.1, 0.15) is 11.2 Å². The summed E-state index contributed by atoms with van der Waals surface area (Å²) in [5.74, 6) is -0.776. The van der Waals surface area contributed by atoms with Crippen molar-refractivity contribution in [2.45, 2.75) is 66.6 Å². The standard InChI is InChI=1S/C12H23NO4.C7H8IN/c1-11(2,3)16-9(14)7-13-8-10(15)17-12(4,5)6;1-5-3-7(8)4-6(2)9-5/h13H,7-8H2,1-6H3;3-4H,1-2H3. The number of esters is 2. The Hall–Kier alpha value is -1.22. The van der Waals surface area contributed by atoms with Crippen LogP contribution in [0.5, 0.6) is 0 Å². The number of nitrogens with zero attached hydrogens (tertiary/aromatic N) is 1. The molecule has 0 fully saturated rings. The van der Waals surface area contributed by atoms with E-state index in [-0.39, 0.29) is 25.0 Å². The largest absolute Gasteiger partial charge is 0.459 e. The molecule has 26 heavy (non-hydrogen) atoms. The van der Waals surface area contributed by atoms with Gasteiger partial charge in [0.2, 0.25) is 0 Å². The first kappa shape index (κ1) is 24.8. The van der Waals surface area contributed by atoms with Gasteiger partial charge in [-0.2, -0.15) is 0 Å². The van der Waals surface area contributed by atoms with E-state index in [0.29, 0.717) is 0 Å². The number of hydrogen-bond donors (Lipinski definition) is 1. The fourth-order valence-corrected chi connectivity index (χ4v) is 2.71. The van der Waals surface area contributed by atoms with Crippen molar-refractivity contribution in [1.82, 2.24) is 10.3 Å². The van der Waals surface area contributed by atoms with Crippen LogP contribution in [0.1, 0.15) is 52.9 Å². The molecule has 1 N–H and O–H groups in total. The van der Waals surface area contributed by atoms with E-state index in [9.17, 15) is 9.59 Å². The summed E-state index contributed by atoms with van der Waals surface area (Å²) in [5, 5.41) is 2.68. The summed E-state index contributed by atoms with van der Waals surface area (Å²) < 4.78 is 11.4. The molecule has 0 bridgehead atoms. The molecule has 0 aliphatic heterocycles. The Morgan fingerprint density at radius 1 is 0.923 bits per heavy atom. The smallest absolute Gasteiger partial charge is 0.320 e. The monoisotopic (exact) mass is 478 g/mol. The van der Waals surface area contributed by atoms with Crippen LogP contribution < -0.4 is 5.32 Å². The predicted octanol–water partition coefficient (Wildman–Crippen LogP) is 3.56. The van der Waals surface area contributed by atoms with Crippen molar-refractivity contribution in [3.63, 3.8) is 0 Å². The molecule has 7 heteroatoms. The van der Waals surface area contributed by atoms with Gasteiger partial charge in [0.15, 0.2) is 0 Å². The first-order valence-electron chi connectivity index (χ1n) is 8.43. The van der Waals surface area contributed by atoms with Gasteiger partial charge in [-0.05, 0) is 90.1 Å². The van der Waals surface area contributed by atoms with Gasteiger partial charge in [0, 0.05) is 15.0 Å². The zero-order valence-electron chi connectivity index (χ0n) is 17.0. The van der Waals surface area contributed by atoms with E-state index in [1.165, 1.54) is 3.57 Å². The van der Waals surface area contributed by atoms with Crippen LogP contribution in [0.2, 0.25) is 0 Å². The lowest BCUT2D eigenvalue weighted by molar-refractivity contribution is -0.155. The first-order chi connectivity index (χ1) is 11.7. The number of aromatic nitrogens is 1. The van der Waals surface area contributed by atoms with Crippen LogP contribution in [0, 0.1) is 17.4 Å². The topological polar surface area (TPSA) is 77.5 Å². The summed E-state index contributed by atoms with van der Waals surface area (Å²) in [6, 6.07) is 4.13. The van der Waals surface area contributed by atoms with Crippen LogP contribution >= 0.6 is 22.6 Å². The lowest BCUT2D eigenvalue weighted by atomic mass is 10.2. The lowest BCUT2D eigenvalue weighted by Gasteiger charge is -2.20. The number of carbonyl (C=O) groups excluding carboxylic acids is 2. The summed E-state index contributed by atoms with van der Waals surface area (Å²) >= 11 is 2.29. The van der Waals surface area contributed by atoms with Crippen LogP contribution in [0.15, 0.2) is 12.1 Å². The maximum atomic E-state index is 11.3. The number of aryl methyl sites for hydroxylation is 2. The summed E-state index contributed by atoms with van der Waals surface area (Å²) in [7, 11) is 0. The highest BCUT2D eigenvalue weighted by atomic mass is 127. The predicted molar refractivity (Wildman–Crippen MR) is 111 cm³/mol. The number of carbonyl (C=O) groups is 2. The maximum Gasteiger partial charge on any atom is 0.320 e. The summed E-state index contributed by atoms with van der Waals surface area (Å²) in [6.07, 6.45) is 0. The van der Waals surface area contributed by atoms with E-state index >= 15 is 0 Å². The lowest BCUT2D eigenvalue weighted by Crippen LogP contribution is -2.36. The molecule has 0 unspecified atom stereocenters. The van der Waals surface area contributed by atoms with Gasteiger partial charge in [-0.15, -0.1) is 0 Å². The van der Waals surface area contributed by atoms with Crippen LogP contribution in [0.3, 0.4) is 0 Å². The minimum Gasteiger partial charge on any atom is -0.459 e. The van der Waals surface area contributed by atoms with Crippen molar-refractivity contribution < 1.29 is 19.1 Å². The molecule has 0 spiro atoms. The van der Waals surface area contributed by atoms with E-state index in [0.717, 1.165) is 11.4 Å². The molecule has 0 aromatic carbocycles. The summed E-state index contributed by atoms with van der Waals surface area (Å²) in [4.78, 5) is 26.8. The van der Waals surface area contributed by atoms with Crippen molar-refractivity contribution in [1.29, 1.82) is 0 Å². The third-order valence-corrected chi connectivity index (χ3v) is 3.05. The molecule has 1 rings (SSSR count). The molecule has 0 saturated heterocycles. The Morgan fingerprint density at radius 3 is 1.54 bits per heavy atom. The van der Waals surface area contributed by atoms with Crippen LogP contribution in [0.4, 0.5) is 0 Å². The molecule has 1 aromatic rings. The fourth-order valence-electron chi connectivity index (χ4n) is 1.81. The van der Waals surface area contributed by atoms with Crippen molar-refractivity contribution >= 4 is 34.5 Å². The fraction of sp³-hybridized carbons (Fsp3) is 0.632. The van der Waals surface area contributed by atoms with Crippen LogP contribution in [-0.2, 0) is 19.1 Å². The third kappa shape index (κ3) is 15.1. The van der Waals surface area contributed by atoms with Crippen molar-refractivity contribution in [3.8, 4) is 0 Å². The number of pyridine rings is 1. The Labute approximate surface area is 170 Å². The highest BCUT2D eigenvalue weighted by molar-refractivity contribution is 14.1. The molecule has 0 saturated carbocycles. The molecule has 1 heterocycles. The first-order valence-corrected chi connectivity index (χ1v) is 9.51. The molecular weight excluding hydrogens is 447 g/mol. The number of ether oxygens (including phenoxy) is 2. The quantitative estimate of drug-likeness (QED) is 0.527. The molecule has 1 aromatic heterocycles. The summed E-state index contributed by atoms with van der Waals surface area (Å²) in [6.45, 7) is 14.8. The van der Waals surface area contributed by atoms with E-state index < -0.39 is 11.2 Å². The third-order valence-electron chi connectivity index (χ3n) is 2.42. The molecule has 0 amide bonds. The Morgan fingerprint density at radius 2 is 1.27 bits per heavy atom. The second-order valence-electron chi connectivity index (χ2n) is 7.84. The van der Waals surface area contributed by atoms with Crippen LogP contribution in [0.25, 0.3) is 0 Å². The number of hydrogen-bond acceptors (Lipinski definition) is 6. The number of halogens is 1. The van der Waals surface area contributed by atoms with E-state index in [4.69, 9.17) is 9.47 Å². The van der Waals surface area contributed by atoms with Crippen molar-refractivity contribution in [2.75, 3.05) is 13.1 Å². The second-order valence-corrected chi connectivity index (χ2v) is 9.09. The number of rotatable bonds is 4. The van der Waals surface area contributed by atoms with Gasteiger partial charge in [-0.25, -0.2) is 0 Å². The van der Waals surface area contributed by atoms with Gasteiger partial charge in [0.05, 0.1) is 13.1 Å². The average Bonchev–Trinajstić information content (AvgIpc) is 2.32. The normalized spacial score (nSPS) is 11.3. The number of nitrogens with one attached hydrogen (secondary N) is 1. The zero-order valence-corrected chi connectivity index (χ0v) is 19.2. The Balaban J connectivity index is 0.000000577. The second kappa shape index (κ2) is 10.8. The Bertz CT molecular complexity index is 526. The van der Waals surface area contributed by atoms with E-state index in [2.05, 4.69) is 45.0 Å². The zero-order chi connectivity index (χ0) is 20.5. The molecule has 6 nitrogen and oxygen atoms in total. The molecule has 0 aliphatic carbocycles. The molecule has 0 radical (unpaired) electrons. The van der Waals surface area contributed by atoms with Gasteiger partial charge >= 0.3 is 11.9 Å². The average molecular weight is 478 g/mol. The SMILES string of the molecule is CC(C)(C)OC(=O)CNCC(=O)OC(C)(C)C.Cc1cc(I)cc(C)n1. The highest BCUT2D eigenvalue weighted by Crippen LogP contribution is 2.08. The van der Waals surface area contributed by atoms with Gasteiger partial charge < -0.3 is 9.47 Å². The van der Waals surface area contributed by atoms with Crippen LogP contribution in [-0.4, -0.2) is 41.2 Å². The minimum absolute atomic E-state index is 0.00346. The van der Waals surface area contributed by atoms with Gasteiger partial charge in [0.25, 0.3) is 0 Å². The Kier molecular flexibility index (Phi) is 10.3. The highest BCUT2D eigenvalue weighted by Gasteiger charge is 2.18. The van der Waals surface area contributed by atoms with E-state index in [1.807, 2.05) is 13.8 Å². The maximum absolute atomic E-state index is 11.3. The minimum atomic E-state index is -0.509.